The van der Waals surface area contributed by atoms with Crippen molar-refractivity contribution in [1.82, 2.24) is 20.1 Å². The first kappa shape index (κ1) is 22.2. The van der Waals surface area contributed by atoms with Crippen LogP contribution in [0.4, 0.5) is 0 Å². The normalized spacial score (nSPS) is 21.4. The fourth-order valence-electron chi connectivity index (χ4n) is 4.06. The minimum atomic E-state index is -0.627. The molecule has 1 aliphatic carbocycles. The van der Waals surface area contributed by atoms with Gasteiger partial charge in [-0.2, -0.15) is 0 Å². The number of carbonyl (C=O) groups excluding carboxylic acids is 3. The van der Waals surface area contributed by atoms with Crippen molar-refractivity contribution in [2.45, 2.75) is 64.6 Å². The first-order valence-electron chi connectivity index (χ1n) is 10.7. The number of likely N-dealkylation sites (tertiary alicyclic amines) is 1. The summed E-state index contributed by atoms with van der Waals surface area (Å²) in [7, 11) is 0. The number of hydrogen-bond acceptors (Lipinski definition) is 5. The van der Waals surface area contributed by atoms with Gasteiger partial charge in [0.1, 0.15) is 6.04 Å². The second-order valence-electron chi connectivity index (χ2n) is 9.45. The highest BCUT2D eigenvalue weighted by molar-refractivity contribution is 5.98. The van der Waals surface area contributed by atoms with Crippen molar-refractivity contribution in [3.8, 4) is 0 Å². The van der Waals surface area contributed by atoms with Crippen LogP contribution in [-0.4, -0.2) is 70.3 Å². The number of nitrogens with two attached hydrogens (primary N) is 1. The average Bonchev–Trinajstić information content (AvgIpc) is 3.42. The van der Waals surface area contributed by atoms with Crippen molar-refractivity contribution >= 4 is 17.7 Å². The number of amides is 3. The lowest BCUT2D eigenvalue weighted by Crippen LogP contribution is -2.47. The first-order chi connectivity index (χ1) is 14.2. The van der Waals surface area contributed by atoms with Gasteiger partial charge in [0.25, 0.3) is 5.91 Å². The van der Waals surface area contributed by atoms with Crippen LogP contribution in [0.2, 0.25) is 0 Å². The summed E-state index contributed by atoms with van der Waals surface area (Å²) < 4.78 is 0. The van der Waals surface area contributed by atoms with E-state index in [1.807, 2.05) is 25.7 Å². The summed E-state index contributed by atoms with van der Waals surface area (Å²) in [6, 6.07) is 2.82. The Morgan fingerprint density at radius 2 is 2.00 bits per heavy atom. The number of hydrogen-bond donors (Lipinski definition) is 2. The van der Waals surface area contributed by atoms with Crippen LogP contribution < -0.4 is 11.1 Å². The Kier molecular flexibility index (Phi) is 6.75. The summed E-state index contributed by atoms with van der Waals surface area (Å²) in [5.41, 5.74) is 5.85. The minimum Gasteiger partial charge on any atom is -0.353 e. The van der Waals surface area contributed by atoms with E-state index in [1.165, 1.54) is 6.20 Å². The van der Waals surface area contributed by atoms with Crippen molar-refractivity contribution in [1.29, 1.82) is 0 Å². The number of carbonyl (C=O) groups is 3. The molecule has 1 aromatic heterocycles. The Hall–Kier alpha value is -2.48. The van der Waals surface area contributed by atoms with Crippen molar-refractivity contribution in [2.75, 3.05) is 19.6 Å². The summed E-state index contributed by atoms with van der Waals surface area (Å²) in [5.74, 6) is -0.358. The van der Waals surface area contributed by atoms with Gasteiger partial charge >= 0.3 is 0 Å². The summed E-state index contributed by atoms with van der Waals surface area (Å²) in [6.07, 6.45) is 5.96. The van der Waals surface area contributed by atoms with E-state index in [4.69, 9.17) is 5.73 Å². The van der Waals surface area contributed by atoms with Gasteiger partial charge in [0.15, 0.2) is 0 Å². The van der Waals surface area contributed by atoms with Gasteiger partial charge in [-0.1, -0.05) is 20.8 Å². The van der Waals surface area contributed by atoms with Crippen molar-refractivity contribution in [3.63, 3.8) is 0 Å². The molecule has 8 heteroatoms. The molecule has 1 aliphatic heterocycles. The van der Waals surface area contributed by atoms with E-state index >= 15 is 0 Å². The van der Waals surface area contributed by atoms with Crippen LogP contribution in [0.25, 0.3) is 0 Å². The third kappa shape index (κ3) is 5.36. The highest BCUT2D eigenvalue weighted by Crippen LogP contribution is 2.36. The Bertz CT molecular complexity index is 773. The predicted molar refractivity (Wildman–Crippen MR) is 113 cm³/mol. The third-order valence-corrected chi connectivity index (χ3v) is 5.50. The molecule has 2 fully saturated rings. The van der Waals surface area contributed by atoms with Gasteiger partial charge < -0.3 is 20.9 Å². The fourth-order valence-corrected chi connectivity index (χ4v) is 4.06. The summed E-state index contributed by atoms with van der Waals surface area (Å²) in [5, 5.41) is 2.81. The monoisotopic (exact) mass is 415 g/mol. The molecule has 0 aromatic carbocycles. The number of nitrogens with zero attached hydrogens (tertiary/aromatic N) is 3. The van der Waals surface area contributed by atoms with E-state index in [9.17, 15) is 14.4 Å². The summed E-state index contributed by atoms with van der Waals surface area (Å²) in [6.45, 7) is 7.17. The van der Waals surface area contributed by atoms with Gasteiger partial charge in [-0.3, -0.25) is 19.4 Å². The van der Waals surface area contributed by atoms with E-state index in [1.54, 1.807) is 23.2 Å². The van der Waals surface area contributed by atoms with Gasteiger partial charge in [0.2, 0.25) is 11.8 Å². The van der Waals surface area contributed by atoms with E-state index in [2.05, 4.69) is 10.3 Å². The molecule has 2 atom stereocenters. The van der Waals surface area contributed by atoms with E-state index in [0.717, 1.165) is 12.8 Å². The molecule has 0 spiro atoms. The topological polar surface area (TPSA) is 109 Å². The van der Waals surface area contributed by atoms with Crippen LogP contribution >= 0.6 is 0 Å². The zero-order chi connectivity index (χ0) is 21.9. The second kappa shape index (κ2) is 9.12. The Labute approximate surface area is 178 Å². The highest BCUT2D eigenvalue weighted by Gasteiger charge is 2.47. The largest absolute Gasteiger partial charge is 0.353 e. The van der Waals surface area contributed by atoms with Gasteiger partial charge in [0.05, 0.1) is 11.6 Å². The Morgan fingerprint density at radius 1 is 1.27 bits per heavy atom. The van der Waals surface area contributed by atoms with Gasteiger partial charge in [-0.25, -0.2) is 0 Å². The standard InChI is InChI=1S/C22H33N5O3/c1-22(2,3)12-19(28)27(16-6-7-16)17-11-18(20(29)25-10-8-23)26(14-17)21(30)15-5-4-9-24-13-15/h4-5,9,13,16-18H,6-8,10-12,14,23H2,1-3H3,(H,25,29). The summed E-state index contributed by atoms with van der Waals surface area (Å²) >= 11 is 0. The lowest BCUT2D eigenvalue weighted by atomic mass is 9.91. The molecule has 0 bridgehead atoms. The van der Waals surface area contributed by atoms with Gasteiger partial charge in [-0.15, -0.1) is 0 Å². The quantitative estimate of drug-likeness (QED) is 0.695. The zero-order valence-electron chi connectivity index (χ0n) is 18.1. The molecule has 8 nitrogen and oxygen atoms in total. The molecule has 1 saturated carbocycles. The molecule has 1 aromatic rings. The smallest absolute Gasteiger partial charge is 0.256 e. The fraction of sp³-hybridized carbons (Fsp3) is 0.636. The SMILES string of the molecule is CC(C)(C)CC(=O)N(C1CC1)C1CC(C(=O)NCCN)N(C(=O)c2cccnc2)C1. The second-order valence-corrected chi connectivity index (χ2v) is 9.45. The molecule has 3 N–H and O–H groups in total. The van der Waals surface area contributed by atoms with Crippen molar-refractivity contribution in [3.05, 3.63) is 30.1 Å². The van der Waals surface area contributed by atoms with Crippen molar-refractivity contribution in [2.24, 2.45) is 11.1 Å². The van der Waals surface area contributed by atoms with Crippen LogP contribution in [0, 0.1) is 5.41 Å². The van der Waals surface area contributed by atoms with E-state index in [0.29, 0.717) is 38.0 Å². The molecule has 3 rings (SSSR count). The van der Waals surface area contributed by atoms with Crippen LogP contribution in [-0.2, 0) is 9.59 Å². The lowest BCUT2D eigenvalue weighted by Gasteiger charge is -2.31. The molecular weight excluding hydrogens is 382 g/mol. The van der Waals surface area contributed by atoms with Gasteiger partial charge in [-0.05, 0) is 36.8 Å². The molecular formula is C22H33N5O3. The number of aromatic nitrogens is 1. The zero-order valence-corrected chi connectivity index (χ0v) is 18.1. The molecule has 30 heavy (non-hydrogen) atoms. The maximum atomic E-state index is 13.2. The predicted octanol–water partition coefficient (Wildman–Crippen LogP) is 1.17. The number of pyridine rings is 1. The molecule has 3 amide bonds. The molecule has 2 unspecified atom stereocenters. The van der Waals surface area contributed by atoms with Crippen molar-refractivity contribution < 1.29 is 14.4 Å². The number of nitrogens with one attached hydrogen (secondary N) is 1. The van der Waals surface area contributed by atoms with Crippen LogP contribution in [0.3, 0.4) is 0 Å². The third-order valence-electron chi connectivity index (χ3n) is 5.50. The van der Waals surface area contributed by atoms with Crippen LogP contribution in [0.15, 0.2) is 24.5 Å². The highest BCUT2D eigenvalue weighted by atomic mass is 16.2. The summed E-state index contributed by atoms with van der Waals surface area (Å²) in [4.78, 5) is 46.7. The molecule has 2 aliphatic rings. The maximum Gasteiger partial charge on any atom is 0.256 e. The van der Waals surface area contributed by atoms with E-state index in [-0.39, 0.29) is 35.2 Å². The van der Waals surface area contributed by atoms with Crippen LogP contribution in [0.5, 0.6) is 0 Å². The minimum absolute atomic E-state index is 0.104. The Morgan fingerprint density at radius 3 is 2.57 bits per heavy atom. The first-order valence-corrected chi connectivity index (χ1v) is 10.7. The average molecular weight is 416 g/mol. The molecule has 1 saturated heterocycles. The Balaban J connectivity index is 1.83. The maximum absolute atomic E-state index is 13.2. The molecule has 0 radical (unpaired) electrons. The lowest BCUT2D eigenvalue weighted by molar-refractivity contribution is -0.136. The van der Waals surface area contributed by atoms with Gasteiger partial charge in [0, 0.05) is 44.5 Å². The van der Waals surface area contributed by atoms with E-state index < -0.39 is 6.04 Å². The molecule has 164 valence electrons. The molecule has 2 heterocycles. The number of rotatable bonds is 7. The van der Waals surface area contributed by atoms with Crippen LogP contribution in [0.1, 0.15) is 56.8 Å².